The topological polar surface area (TPSA) is 17.1 Å². The molecule has 0 radical (unpaired) electrons. The first-order chi connectivity index (χ1) is 10.8. The molecule has 0 amide bonds. The van der Waals surface area contributed by atoms with Crippen LogP contribution in [0, 0.1) is 0 Å². The fourth-order valence-electron chi connectivity index (χ4n) is 3.32. The lowest BCUT2D eigenvalue weighted by atomic mass is 9.97. The highest BCUT2D eigenvalue weighted by Crippen LogP contribution is 2.33. The molecule has 1 heteroatoms. The Hall–Kier alpha value is -2.67. The van der Waals surface area contributed by atoms with Crippen molar-refractivity contribution in [3.8, 4) is 0 Å². The van der Waals surface area contributed by atoms with Crippen molar-refractivity contribution in [2.24, 2.45) is 0 Å². The molecule has 3 aromatic carbocycles. The van der Waals surface area contributed by atoms with Crippen molar-refractivity contribution in [3.63, 3.8) is 0 Å². The molecule has 0 fully saturated rings. The highest BCUT2D eigenvalue weighted by atomic mass is 16.1. The van der Waals surface area contributed by atoms with Gasteiger partial charge < -0.3 is 0 Å². The third-order valence-electron chi connectivity index (χ3n) is 4.38. The number of carbonyl (C=O) groups is 1. The summed E-state index contributed by atoms with van der Waals surface area (Å²) in [5.74, 6) is 0.0949. The van der Waals surface area contributed by atoms with Crippen LogP contribution in [0.4, 0.5) is 0 Å². The van der Waals surface area contributed by atoms with Crippen LogP contribution in [0.5, 0.6) is 0 Å². The molecule has 0 unspecified atom stereocenters. The van der Waals surface area contributed by atoms with Gasteiger partial charge in [-0.3, -0.25) is 4.79 Å². The minimum absolute atomic E-state index is 0.0949. The van der Waals surface area contributed by atoms with E-state index in [1.54, 1.807) is 6.08 Å². The number of hydrogen-bond acceptors (Lipinski definition) is 1. The molecule has 22 heavy (non-hydrogen) atoms. The van der Waals surface area contributed by atoms with E-state index in [-0.39, 0.29) is 5.78 Å². The van der Waals surface area contributed by atoms with Crippen LogP contribution in [-0.2, 0) is 12.8 Å². The minimum atomic E-state index is 0.0949. The first-order valence-electron chi connectivity index (χ1n) is 7.64. The number of hydrogen-bond donors (Lipinski definition) is 0. The largest absolute Gasteiger partial charge is 0.289 e. The van der Waals surface area contributed by atoms with Crippen LogP contribution in [0.2, 0.25) is 0 Å². The zero-order valence-electron chi connectivity index (χ0n) is 12.3. The number of rotatable bonds is 3. The maximum absolute atomic E-state index is 12.6. The van der Waals surface area contributed by atoms with Crippen molar-refractivity contribution in [1.29, 1.82) is 0 Å². The number of benzene rings is 3. The third-order valence-corrected chi connectivity index (χ3v) is 4.38. The molecule has 0 spiro atoms. The van der Waals surface area contributed by atoms with Gasteiger partial charge in [-0.15, -0.1) is 0 Å². The summed E-state index contributed by atoms with van der Waals surface area (Å²) in [5.41, 5.74) is 4.49. The van der Waals surface area contributed by atoms with Gasteiger partial charge in [-0.05, 0) is 46.4 Å². The molecular formula is C21H16O. The predicted molar refractivity (Wildman–Crippen MR) is 91.2 cm³/mol. The lowest BCUT2D eigenvalue weighted by molar-refractivity contribution is 0.104. The van der Waals surface area contributed by atoms with E-state index in [2.05, 4.69) is 24.3 Å². The van der Waals surface area contributed by atoms with E-state index in [0.717, 1.165) is 24.0 Å². The van der Waals surface area contributed by atoms with Crippen LogP contribution >= 0.6 is 0 Å². The molecule has 0 atom stereocenters. The van der Waals surface area contributed by atoms with Crippen molar-refractivity contribution >= 4 is 22.6 Å². The first kappa shape index (κ1) is 13.0. The quantitative estimate of drug-likeness (QED) is 0.497. The highest BCUT2D eigenvalue weighted by molar-refractivity contribution is 6.11. The second kappa shape index (κ2) is 5.27. The molecule has 0 N–H and O–H groups in total. The molecule has 1 aliphatic rings. The van der Waals surface area contributed by atoms with E-state index < -0.39 is 0 Å². The predicted octanol–water partition coefficient (Wildman–Crippen LogP) is 4.83. The fourth-order valence-corrected chi connectivity index (χ4v) is 3.32. The van der Waals surface area contributed by atoms with E-state index in [1.165, 1.54) is 21.9 Å². The average molecular weight is 284 g/mol. The molecule has 1 aliphatic carbocycles. The van der Waals surface area contributed by atoms with Gasteiger partial charge in [0, 0.05) is 5.56 Å². The summed E-state index contributed by atoms with van der Waals surface area (Å²) >= 11 is 0. The number of ketones is 1. The molecule has 0 aliphatic heterocycles. The van der Waals surface area contributed by atoms with Gasteiger partial charge >= 0.3 is 0 Å². The molecule has 106 valence electrons. The molecule has 1 nitrogen and oxygen atoms in total. The summed E-state index contributed by atoms with van der Waals surface area (Å²) in [4.78, 5) is 12.6. The summed E-state index contributed by atoms with van der Waals surface area (Å²) in [6.45, 7) is 0. The number of carbonyl (C=O) groups excluding carboxylic acids is 1. The van der Waals surface area contributed by atoms with Crippen LogP contribution in [0.3, 0.4) is 0 Å². The lowest BCUT2D eigenvalue weighted by Gasteiger charge is -2.06. The Balaban J connectivity index is 1.74. The molecule has 3 aromatic rings. The molecule has 0 heterocycles. The van der Waals surface area contributed by atoms with Gasteiger partial charge in [-0.1, -0.05) is 66.7 Å². The normalized spacial score (nSPS) is 13.1. The van der Waals surface area contributed by atoms with E-state index in [4.69, 9.17) is 0 Å². The van der Waals surface area contributed by atoms with Gasteiger partial charge in [0.2, 0.25) is 0 Å². The van der Waals surface area contributed by atoms with Crippen molar-refractivity contribution in [3.05, 3.63) is 89.0 Å². The van der Waals surface area contributed by atoms with Crippen LogP contribution in [0.1, 0.15) is 27.0 Å². The average Bonchev–Trinajstić information content (AvgIpc) is 3.00. The Morgan fingerprint density at radius 3 is 2.59 bits per heavy atom. The summed E-state index contributed by atoms with van der Waals surface area (Å²) < 4.78 is 0. The van der Waals surface area contributed by atoms with Gasteiger partial charge in [0.15, 0.2) is 5.78 Å². The van der Waals surface area contributed by atoms with Gasteiger partial charge in [0.1, 0.15) is 0 Å². The summed E-state index contributed by atoms with van der Waals surface area (Å²) in [5, 5.41) is 2.54. The summed E-state index contributed by atoms with van der Waals surface area (Å²) in [7, 11) is 0. The zero-order valence-corrected chi connectivity index (χ0v) is 12.3. The van der Waals surface area contributed by atoms with Crippen LogP contribution in [0.15, 0.2) is 66.7 Å². The van der Waals surface area contributed by atoms with E-state index in [9.17, 15) is 4.79 Å². The van der Waals surface area contributed by atoms with Crippen molar-refractivity contribution < 1.29 is 4.79 Å². The maximum Gasteiger partial charge on any atom is 0.186 e. The SMILES string of the molecule is O=C(C=Cc1ccccc1)c1ccc2cccc3c2c1CC3. The molecular weight excluding hydrogens is 268 g/mol. The monoisotopic (exact) mass is 284 g/mol. The van der Waals surface area contributed by atoms with Crippen molar-refractivity contribution in [2.75, 3.05) is 0 Å². The summed E-state index contributed by atoms with van der Waals surface area (Å²) in [6, 6.07) is 20.4. The molecule has 0 aromatic heterocycles. The molecule has 0 saturated carbocycles. The second-order valence-electron chi connectivity index (χ2n) is 5.72. The second-order valence-corrected chi connectivity index (χ2v) is 5.72. The van der Waals surface area contributed by atoms with Gasteiger partial charge in [0.25, 0.3) is 0 Å². The van der Waals surface area contributed by atoms with Gasteiger partial charge in [-0.2, -0.15) is 0 Å². The van der Waals surface area contributed by atoms with E-state index >= 15 is 0 Å². The van der Waals surface area contributed by atoms with E-state index in [1.807, 2.05) is 42.5 Å². The Kier molecular flexibility index (Phi) is 3.12. The zero-order chi connectivity index (χ0) is 14.9. The smallest absolute Gasteiger partial charge is 0.186 e. The van der Waals surface area contributed by atoms with Crippen LogP contribution in [-0.4, -0.2) is 5.78 Å². The standard InChI is InChI=1S/C21H16O/c22-20(14-9-15-5-2-1-3-6-15)18-12-10-16-7-4-8-17-11-13-19(18)21(16)17/h1-10,12,14H,11,13H2. The molecule has 0 bridgehead atoms. The fraction of sp³-hybridized carbons (Fsp3) is 0.0952. The van der Waals surface area contributed by atoms with Crippen LogP contribution < -0.4 is 0 Å². The number of allylic oxidation sites excluding steroid dienone is 1. The Morgan fingerprint density at radius 1 is 0.864 bits per heavy atom. The first-order valence-corrected chi connectivity index (χ1v) is 7.64. The Morgan fingerprint density at radius 2 is 1.73 bits per heavy atom. The Bertz CT molecular complexity index is 888. The van der Waals surface area contributed by atoms with Gasteiger partial charge in [0.05, 0.1) is 0 Å². The van der Waals surface area contributed by atoms with Gasteiger partial charge in [-0.25, -0.2) is 0 Å². The van der Waals surface area contributed by atoms with Crippen LogP contribution in [0.25, 0.3) is 16.8 Å². The summed E-state index contributed by atoms with van der Waals surface area (Å²) in [6.07, 6.45) is 5.59. The lowest BCUT2D eigenvalue weighted by Crippen LogP contribution is -1.99. The van der Waals surface area contributed by atoms with Crippen molar-refractivity contribution in [2.45, 2.75) is 12.8 Å². The minimum Gasteiger partial charge on any atom is -0.289 e. The Labute approximate surface area is 129 Å². The van der Waals surface area contributed by atoms with Crippen molar-refractivity contribution in [1.82, 2.24) is 0 Å². The third kappa shape index (κ3) is 2.15. The molecule has 0 saturated heterocycles. The highest BCUT2D eigenvalue weighted by Gasteiger charge is 2.19. The molecule has 4 rings (SSSR count). The maximum atomic E-state index is 12.6. The van der Waals surface area contributed by atoms with E-state index in [0.29, 0.717) is 0 Å². The number of aryl methyl sites for hydroxylation is 2.